The minimum atomic E-state index is -0.165. The molecule has 3 amide bonds. The number of carbonyl (C=O) groups is 3. The number of hydrogen-bond acceptors (Lipinski definition) is 4. The summed E-state index contributed by atoms with van der Waals surface area (Å²) >= 11 is 0. The van der Waals surface area contributed by atoms with Crippen LogP contribution in [0.15, 0.2) is 0 Å². The van der Waals surface area contributed by atoms with E-state index in [4.69, 9.17) is 5.73 Å². The fourth-order valence-corrected chi connectivity index (χ4v) is 4.04. The van der Waals surface area contributed by atoms with Crippen LogP contribution >= 0.6 is 12.4 Å². The Kier molecular flexibility index (Phi) is 9.21. The first-order chi connectivity index (χ1) is 11.5. The molecule has 2 bridgehead atoms. The average Bonchev–Trinajstić information content (AvgIpc) is 2.50. The first-order valence-electron chi connectivity index (χ1n) is 9.01. The van der Waals surface area contributed by atoms with Crippen LogP contribution in [0.2, 0.25) is 0 Å². The first kappa shape index (κ1) is 21.7. The molecule has 144 valence electrons. The maximum atomic E-state index is 12.2. The predicted octanol–water partition coefficient (Wildman–Crippen LogP) is 0.463. The number of halogens is 1. The SMILES string of the molecule is CC(=O)NCCNC(=O)CCC(=O)NC1C2CCCC1CC(N)C2.Cl. The summed E-state index contributed by atoms with van der Waals surface area (Å²) in [7, 11) is 0. The lowest BCUT2D eigenvalue weighted by Gasteiger charge is -2.45. The Labute approximate surface area is 155 Å². The highest BCUT2D eigenvalue weighted by Gasteiger charge is 2.39. The molecule has 0 saturated heterocycles. The zero-order valence-electron chi connectivity index (χ0n) is 14.9. The standard InChI is InChI=1S/C17H30N4O3.ClH/c1-11(22)19-7-8-20-15(23)5-6-16(24)21-17-12-3-2-4-13(17)10-14(18)9-12;/h12-14,17H,2-10,18H2,1H3,(H,19,22)(H,20,23)(H,21,24);1H. The average molecular weight is 375 g/mol. The van der Waals surface area contributed by atoms with Crippen LogP contribution in [0.25, 0.3) is 0 Å². The van der Waals surface area contributed by atoms with Crippen LogP contribution < -0.4 is 21.7 Å². The van der Waals surface area contributed by atoms with E-state index in [2.05, 4.69) is 16.0 Å². The molecule has 2 aliphatic rings. The van der Waals surface area contributed by atoms with Crippen molar-refractivity contribution in [3.63, 3.8) is 0 Å². The van der Waals surface area contributed by atoms with Crippen molar-refractivity contribution in [2.75, 3.05) is 13.1 Å². The molecule has 0 aromatic heterocycles. The third-order valence-electron chi connectivity index (χ3n) is 5.10. The molecule has 0 spiro atoms. The molecule has 0 heterocycles. The Morgan fingerprint density at radius 3 is 2.12 bits per heavy atom. The van der Waals surface area contributed by atoms with Gasteiger partial charge < -0.3 is 21.7 Å². The summed E-state index contributed by atoms with van der Waals surface area (Å²) in [6.07, 6.45) is 5.86. The van der Waals surface area contributed by atoms with E-state index >= 15 is 0 Å². The summed E-state index contributed by atoms with van der Waals surface area (Å²) in [6.45, 7) is 2.21. The Hall–Kier alpha value is -1.34. The zero-order chi connectivity index (χ0) is 17.5. The molecule has 5 N–H and O–H groups in total. The highest BCUT2D eigenvalue weighted by molar-refractivity contribution is 5.85. The Morgan fingerprint density at radius 1 is 0.960 bits per heavy atom. The van der Waals surface area contributed by atoms with E-state index in [-0.39, 0.29) is 55.1 Å². The van der Waals surface area contributed by atoms with Gasteiger partial charge in [0.15, 0.2) is 0 Å². The molecule has 25 heavy (non-hydrogen) atoms. The molecular weight excluding hydrogens is 344 g/mol. The van der Waals surface area contributed by atoms with Crippen molar-refractivity contribution >= 4 is 30.1 Å². The quantitative estimate of drug-likeness (QED) is 0.485. The van der Waals surface area contributed by atoms with Gasteiger partial charge in [-0.15, -0.1) is 12.4 Å². The van der Waals surface area contributed by atoms with Gasteiger partial charge in [-0.1, -0.05) is 6.42 Å². The summed E-state index contributed by atoms with van der Waals surface area (Å²) in [5.41, 5.74) is 6.10. The first-order valence-corrected chi connectivity index (χ1v) is 9.01. The van der Waals surface area contributed by atoms with E-state index in [1.165, 1.54) is 13.3 Å². The maximum absolute atomic E-state index is 12.2. The van der Waals surface area contributed by atoms with E-state index in [0.717, 1.165) is 25.7 Å². The van der Waals surface area contributed by atoms with Crippen molar-refractivity contribution in [1.82, 2.24) is 16.0 Å². The van der Waals surface area contributed by atoms with Gasteiger partial charge >= 0.3 is 0 Å². The smallest absolute Gasteiger partial charge is 0.220 e. The second-order valence-electron chi connectivity index (χ2n) is 7.11. The molecule has 2 fully saturated rings. The maximum Gasteiger partial charge on any atom is 0.220 e. The lowest BCUT2D eigenvalue weighted by atomic mass is 9.67. The van der Waals surface area contributed by atoms with Crippen molar-refractivity contribution in [3.05, 3.63) is 0 Å². The Bertz CT molecular complexity index is 461. The summed E-state index contributed by atoms with van der Waals surface area (Å²) in [4.78, 5) is 34.6. The molecule has 0 aliphatic heterocycles. The van der Waals surface area contributed by atoms with Crippen LogP contribution in [0, 0.1) is 11.8 Å². The van der Waals surface area contributed by atoms with Gasteiger partial charge in [0.1, 0.15) is 0 Å². The van der Waals surface area contributed by atoms with E-state index in [0.29, 0.717) is 24.9 Å². The molecule has 2 aliphatic carbocycles. The number of hydrogen-bond donors (Lipinski definition) is 4. The second kappa shape index (κ2) is 10.6. The van der Waals surface area contributed by atoms with Crippen LogP contribution in [0.4, 0.5) is 0 Å². The normalized spacial score (nSPS) is 27.6. The van der Waals surface area contributed by atoms with E-state index in [1.807, 2.05) is 0 Å². The highest BCUT2D eigenvalue weighted by Crippen LogP contribution is 2.39. The van der Waals surface area contributed by atoms with Gasteiger partial charge in [-0.3, -0.25) is 14.4 Å². The van der Waals surface area contributed by atoms with Crippen molar-refractivity contribution < 1.29 is 14.4 Å². The minimum absolute atomic E-state index is 0. The molecule has 2 atom stereocenters. The van der Waals surface area contributed by atoms with Gasteiger partial charge in [-0.2, -0.15) is 0 Å². The fraction of sp³-hybridized carbons (Fsp3) is 0.824. The lowest BCUT2D eigenvalue weighted by Crippen LogP contribution is -2.53. The van der Waals surface area contributed by atoms with Gasteiger partial charge in [0, 0.05) is 44.9 Å². The van der Waals surface area contributed by atoms with Gasteiger partial charge in [-0.05, 0) is 37.5 Å². The molecule has 0 aromatic rings. The second-order valence-corrected chi connectivity index (χ2v) is 7.11. The molecule has 7 nitrogen and oxygen atoms in total. The van der Waals surface area contributed by atoms with Crippen molar-refractivity contribution in [2.45, 2.75) is 64.0 Å². The molecular formula is C17H31ClN4O3. The molecule has 8 heteroatoms. The zero-order valence-corrected chi connectivity index (χ0v) is 15.7. The lowest BCUT2D eigenvalue weighted by molar-refractivity contribution is -0.127. The van der Waals surface area contributed by atoms with Gasteiger partial charge in [0.25, 0.3) is 0 Å². The van der Waals surface area contributed by atoms with E-state index in [1.54, 1.807) is 0 Å². The van der Waals surface area contributed by atoms with Crippen LogP contribution in [-0.4, -0.2) is 42.9 Å². The van der Waals surface area contributed by atoms with Crippen LogP contribution in [0.1, 0.15) is 51.9 Å². The number of rotatable bonds is 7. The topological polar surface area (TPSA) is 113 Å². The summed E-state index contributed by atoms with van der Waals surface area (Å²) < 4.78 is 0. The van der Waals surface area contributed by atoms with Crippen molar-refractivity contribution in [3.8, 4) is 0 Å². The third-order valence-corrected chi connectivity index (χ3v) is 5.10. The number of nitrogens with one attached hydrogen (secondary N) is 3. The number of fused-ring (bicyclic) bond motifs is 2. The molecule has 0 radical (unpaired) electrons. The number of nitrogens with two attached hydrogens (primary N) is 1. The minimum Gasteiger partial charge on any atom is -0.355 e. The molecule has 2 unspecified atom stereocenters. The van der Waals surface area contributed by atoms with E-state index in [9.17, 15) is 14.4 Å². The molecule has 2 saturated carbocycles. The summed E-state index contributed by atoms with van der Waals surface area (Å²) in [5.74, 6) is 0.637. The molecule has 2 rings (SSSR count). The van der Waals surface area contributed by atoms with Crippen LogP contribution in [-0.2, 0) is 14.4 Å². The predicted molar refractivity (Wildman–Crippen MR) is 98.1 cm³/mol. The molecule has 0 aromatic carbocycles. The highest BCUT2D eigenvalue weighted by atomic mass is 35.5. The summed E-state index contributed by atoms with van der Waals surface area (Å²) in [6, 6.07) is 0.497. The Balaban J connectivity index is 0.00000312. The fourth-order valence-electron chi connectivity index (χ4n) is 4.04. The largest absolute Gasteiger partial charge is 0.355 e. The van der Waals surface area contributed by atoms with Crippen molar-refractivity contribution in [2.24, 2.45) is 17.6 Å². The van der Waals surface area contributed by atoms with Gasteiger partial charge in [0.05, 0.1) is 0 Å². The van der Waals surface area contributed by atoms with Gasteiger partial charge in [0.2, 0.25) is 17.7 Å². The van der Waals surface area contributed by atoms with Gasteiger partial charge in [-0.25, -0.2) is 0 Å². The summed E-state index contributed by atoms with van der Waals surface area (Å²) in [5, 5.41) is 8.44. The van der Waals surface area contributed by atoms with Crippen LogP contribution in [0.3, 0.4) is 0 Å². The monoisotopic (exact) mass is 374 g/mol. The van der Waals surface area contributed by atoms with Crippen LogP contribution in [0.5, 0.6) is 0 Å². The number of carbonyl (C=O) groups excluding carboxylic acids is 3. The van der Waals surface area contributed by atoms with E-state index < -0.39 is 0 Å². The van der Waals surface area contributed by atoms with Crippen molar-refractivity contribution in [1.29, 1.82) is 0 Å². The third kappa shape index (κ3) is 7.20. The number of amides is 3. The Morgan fingerprint density at radius 2 is 1.52 bits per heavy atom.